The number of halogens is 1. The first-order chi connectivity index (χ1) is 15.5. The van der Waals surface area contributed by atoms with E-state index in [-0.39, 0.29) is 6.54 Å². The van der Waals surface area contributed by atoms with Gasteiger partial charge in [-0.3, -0.25) is 14.6 Å². The Bertz CT molecular complexity index is 1260. The maximum absolute atomic E-state index is 13.2. The van der Waals surface area contributed by atoms with Crippen LogP contribution < -0.4 is 9.64 Å². The van der Waals surface area contributed by atoms with Gasteiger partial charge in [0.25, 0.3) is 11.8 Å². The fraction of sp³-hybridized carbons (Fsp3) is 0.227. The largest absolute Gasteiger partial charge is 0.497 e. The van der Waals surface area contributed by atoms with Gasteiger partial charge in [0.15, 0.2) is 12.1 Å². The highest BCUT2D eigenvalue weighted by atomic mass is 35.5. The molecule has 0 unspecified atom stereocenters. The van der Waals surface area contributed by atoms with Crippen molar-refractivity contribution in [3.05, 3.63) is 65.0 Å². The summed E-state index contributed by atoms with van der Waals surface area (Å²) >= 11 is 6.07. The van der Waals surface area contributed by atoms with Gasteiger partial charge in [0.1, 0.15) is 17.2 Å². The van der Waals surface area contributed by atoms with E-state index in [1.807, 2.05) is 12.1 Å². The molecule has 3 heterocycles. The van der Waals surface area contributed by atoms with Crippen LogP contribution in [-0.4, -0.2) is 41.0 Å². The van der Waals surface area contributed by atoms with Gasteiger partial charge in [0.05, 0.1) is 19.3 Å². The maximum atomic E-state index is 13.2. The molecule has 0 spiro atoms. The number of ether oxygens (including phenoxy) is 1. The van der Waals surface area contributed by atoms with E-state index < -0.39 is 23.9 Å². The normalized spacial score (nSPS) is 19.7. The number of amides is 2. The molecule has 1 aromatic heterocycles. The number of carbonyl (C=O) groups is 2. The number of oxazole rings is 1. The summed E-state index contributed by atoms with van der Waals surface area (Å²) in [6.07, 6.45) is 0. The van der Waals surface area contributed by atoms with E-state index in [2.05, 4.69) is 15.3 Å². The van der Waals surface area contributed by atoms with Crippen LogP contribution in [0.4, 0.5) is 5.69 Å². The van der Waals surface area contributed by atoms with Crippen molar-refractivity contribution < 1.29 is 18.7 Å². The third-order valence-electron chi connectivity index (χ3n) is 5.45. The number of anilines is 1. The first-order valence-electron chi connectivity index (χ1n) is 9.88. The SMILES string of the molecule is COc1cccc(N2C(=O)[C@H]3N=NN(Cc4nc(-c5cccc(Cl)c5)oc4C)[C@H]3C2=O)c1. The molecule has 2 aromatic carbocycles. The summed E-state index contributed by atoms with van der Waals surface area (Å²) in [6.45, 7) is 1.96. The quantitative estimate of drug-likeness (QED) is 0.547. The topological polar surface area (TPSA) is 101 Å². The molecule has 162 valence electrons. The molecule has 2 aliphatic rings. The van der Waals surface area contributed by atoms with Crippen LogP contribution >= 0.6 is 11.6 Å². The van der Waals surface area contributed by atoms with Crippen molar-refractivity contribution in [1.29, 1.82) is 0 Å². The third kappa shape index (κ3) is 3.31. The summed E-state index contributed by atoms with van der Waals surface area (Å²) in [5.41, 5.74) is 1.77. The summed E-state index contributed by atoms with van der Waals surface area (Å²) in [6, 6.07) is 12.2. The molecule has 3 aromatic rings. The van der Waals surface area contributed by atoms with Crippen molar-refractivity contribution >= 4 is 29.1 Å². The molecule has 0 saturated carbocycles. The highest BCUT2D eigenvalue weighted by Crippen LogP contribution is 2.34. The van der Waals surface area contributed by atoms with E-state index in [1.165, 1.54) is 12.1 Å². The van der Waals surface area contributed by atoms with Crippen molar-refractivity contribution in [2.45, 2.75) is 25.6 Å². The second kappa shape index (κ2) is 7.76. The van der Waals surface area contributed by atoms with Crippen LogP contribution in [0.3, 0.4) is 0 Å². The Labute approximate surface area is 188 Å². The minimum atomic E-state index is -0.895. The highest BCUT2D eigenvalue weighted by Gasteiger charge is 2.55. The van der Waals surface area contributed by atoms with E-state index in [1.54, 1.807) is 43.3 Å². The lowest BCUT2D eigenvalue weighted by atomic mass is 10.1. The summed E-state index contributed by atoms with van der Waals surface area (Å²) in [5, 5.41) is 10.2. The van der Waals surface area contributed by atoms with Gasteiger partial charge in [-0.15, -0.1) is 0 Å². The lowest BCUT2D eigenvalue weighted by Crippen LogP contribution is -2.39. The number of methoxy groups -OCH3 is 1. The molecule has 2 amide bonds. The standard InChI is InChI=1S/C22H18ClN5O4/c1-12-17(24-20(32-12)13-5-3-6-14(23)9-13)11-27-19-18(25-26-27)21(29)28(22(19)30)15-7-4-8-16(10-15)31-2/h3-10,18-19H,11H2,1-2H3/t18-,19+/m0/s1. The predicted molar refractivity (Wildman–Crippen MR) is 115 cm³/mol. The van der Waals surface area contributed by atoms with Crippen molar-refractivity contribution in [2.75, 3.05) is 12.0 Å². The van der Waals surface area contributed by atoms with E-state index >= 15 is 0 Å². The van der Waals surface area contributed by atoms with Crippen LogP contribution in [0.2, 0.25) is 5.02 Å². The molecule has 10 heteroatoms. The van der Waals surface area contributed by atoms with Gasteiger partial charge in [0, 0.05) is 16.7 Å². The summed E-state index contributed by atoms with van der Waals surface area (Å²) in [7, 11) is 1.52. The molecule has 0 N–H and O–H groups in total. The van der Waals surface area contributed by atoms with Crippen molar-refractivity contribution in [2.24, 2.45) is 10.3 Å². The zero-order chi connectivity index (χ0) is 22.4. The Kier molecular flexibility index (Phi) is 4.90. The van der Waals surface area contributed by atoms with Crippen molar-refractivity contribution in [1.82, 2.24) is 9.99 Å². The Balaban J connectivity index is 1.40. The number of nitrogens with zero attached hydrogens (tertiary/aromatic N) is 5. The lowest BCUT2D eigenvalue weighted by molar-refractivity contribution is -0.123. The molecular weight excluding hydrogens is 434 g/mol. The van der Waals surface area contributed by atoms with Crippen LogP contribution in [0, 0.1) is 6.92 Å². The number of aromatic nitrogens is 1. The number of carbonyl (C=O) groups excluding carboxylic acids is 2. The molecule has 2 atom stereocenters. The van der Waals surface area contributed by atoms with Gasteiger partial charge in [-0.25, -0.2) is 9.88 Å². The zero-order valence-electron chi connectivity index (χ0n) is 17.2. The number of hydrogen-bond acceptors (Lipinski definition) is 8. The molecule has 32 heavy (non-hydrogen) atoms. The Hall–Kier alpha value is -3.72. The van der Waals surface area contributed by atoms with E-state index in [9.17, 15) is 9.59 Å². The van der Waals surface area contributed by atoms with Crippen LogP contribution in [-0.2, 0) is 16.1 Å². The van der Waals surface area contributed by atoms with Gasteiger partial charge in [-0.2, -0.15) is 5.11 Å². The number of fused-ring (bicyclic) bond motifs is 1. The predicted octanol–water partition coefficient (Wildman–Crippen LogP) is 3.81. The molecular formula is C22H18ClN5O4. The second-order valence-corrected chi connectivity index (χ2v) is 7.87. The fourth-order valence-electron chi connectivity index (χ4n) is 3.83. The van der Waals surface area contributed by atoms with Gasteiger partial charge in [0.2, 0.25) is 5.89 Å². The lowest BCUT2D eigenvalue weighted by Gasteiger charge is -2.20. The van der Waals surface area contributed by atoms with Gasteiger partial charge in [-0.05, 0) is 37.3 Å². The van der Waals surface area contributed by atoms with E-state index in [0.29, 0.717) is 33.8 Å². The number of imide groups is 1. The Morgan fingerprint density at radius 2 is 1.94 bits per heavy atom. The van der Waals surface area contributed by atoms with Crippen molar-refractivity contribution in [3.63, 3.8) is 0 Å². The monoisotopic (exact) mass is 451 g/mol. The van der Waals surface area contributed by atoms with Crippen LogP contribution in [0.1, 0.15) is 11.5 Å². The summed E-state index contributed by atoms with van der Waals surface area (Å²) in [5.74, 6) is 0.732. The zero-order valence-corrected chi connectivity index (χ0v) is 18.0. The molecule has 1 saturated heterocycles. The van der Waals surface area contributed by atoms with Crippen LogP contribution in [0.5, 0.6) is 5.75 Å². The highest BCUT2D eigenvalue weighted by molar-refractivity contribution is 6.30. The fourth-order valence-corrected chi connectivity index (χ4v) is 4.02. The average molecular weight is 452 g/mol. The number of rotatable bonds is 5. The molecule has 1 fully saturated rings. The first kappa shape index (κ1) is 20.2. The Morgan fingerprint density at radius 1 is 1.12 bits per heavy atom. The van der Waals surface area contributed by atoms with Crippen LogP contribution in [0.15, 0.2) is 63.3 Å². The van der Waals surface area contributed by atoms with Gasteiger partial charge < -0.3 is 9.15 Å². The number of benzene rings is 2. The molecule has 2 aliphatic heterocycles. The molecule has 9 nitrogen and oxygen atoms in total. The van der Waals surface area contributed by atoms with Crippen LogP contribution in [0.25, 0.3) is 11.5 Å². The second-order valence-electron chi connectivity index (χ2n) is 7.44. The minimum absolute atomic E-state index is 0.172. The minimum Gasteiger partial charge on any atom is -0.497 e. The number of aryl methyl sites for hydroxylation is 1. The molecule has 0 aliphatic carbocycles. The Morgan fingerprint density at radius 3 is 2.72 bits per heavy atom. The molecule has 5 rings (SSSR count). The number of hydrogen-bond donors (Lipinski definition) is 0. The summed E-state index contributed by atoms with van der Waals surface area (Å²) in [4.78, 5) is 31.8. The van der Waals surface area contributed by atoms with E-state index in [4.69, 9.17) is 20.8 Å². The molecule has 0 radical (unpaired) electrons. The van der Waals surface area contributed by atoms with Gasteiger partial charge >= 0.3 is 0 Å². The summed E-state index contributed by atoms with van der Waals surface area (Å²) < 4.78 is 11.0. The first-order valence-corrected chi connectivity index (χ1v) is 10.3. The maximum Gasteiger partial charge on any atom is 0.263 e. The smallest absolute Gasteiger partial charge is 0.263 e. The van der Waals surface area contributed by atoms with Crippen molar-refractivity contribution in [3.8, 4) is 17.2 Å². The third-order valence-corrected chi connectivity index (χ3v) is 5.68. The van der Waals surface area contributed by atoms with E-state index in [0.717, 1.165) is 10.5 Å². The average Bonchev–Trinajstić information content (AvgIpc) is 3.44. The van der Waals surface area contributed by atoms with Gasteiger partial charge in [-0.1, -0.05) is 29.0 Å². The molecule has 0 bridgehead atoms.